The number of fused-ring (bicyclic) bond motifs is 2. The van der Waals surface area contributed by atoms with E-state index in [1.807, 2.05) is 41.3 Å². The van der Waals surface area contributed by atoms with Gasteiger partial charge in [-0.15, -0.1) is 0 Å². The number of hydrogen-bond donors (Lipinski definition) is 0. The molecule has 38 heavy (non-hydrogen) atoms. The van der Waals surface area contributed by atoms with Crippen molar-refractivity contribution < 1.29 is 23.7 Å². The summed E-state index contributed by atoms with van der Waals surface area (Å²) in [4.78, 5) is 17.7. The lowest BCUT2D eigenvalue weighted by Gasteiger charge is -2.27. The Morgan fingerprint density at radius 2 is 1.76 bits per heavy atom. The number of rotatable bonds is 10. The average molecular weight is 519 g/mol. The van der Waals surface area contributed by atoms with Crippen molar-refractivity contribution in [1.29, 1.82) is 0 Å². The third kappa shape index (κ3) is 5.68. The Kier molecular flexibility index (Phi) is 8.23. The second-order valence-corrected chi connectivity index (χ2v) is 10.3. The molecule has 0 saturated carbocycles. The molecule has 0 spiro atoms. The standard InChI is InChI=1S/C31H38N2O5/c1-35-25-11-12-26-23(16-25)9-6-10-28(26)38-15-7-14-32-13-5-4-8-22(19-32)20-33-21-24-17-29(36-2)30(37-3)18-27(24)31(33)34/h6,9-12,16-18,22H,4-5,7-8,13-15,19-21H2,1-3H3. The van der Waals surface area contributed by atoms with Crippen LogP contribution >= 0.6 is 0 Å². The molecule has 7 heteroatoms. The van der Waals surface area contributed by atoms with Gasteiger partial charge in [0.15, 0.2) is 11.5 Å². The largest absolute Gasteiger partial charge is 0.497 e. The quantitative estimate of drug-likeness (QED) is 0.335. The molecule has 2 heterocycles. The first-order valence-electron chi connectivity index (χ1n) is 13.6. The molecule has 1 amide bonds. The predicted octanol–water partition coefficient (Wildman–Crippen LogP) is 5.39. The zero-order valence-electron chi connectivity index (χ0n) is 22.7. The third-order valence-corrected chi connectivity index (χ3v) is 7.74. The molecule has 1 unspecified atom stereocenters. The molecular formula is C31H38N2O5. The van der Waals surface area contributed by atoms with Crippen LogP contribution in [-0.2, 0) is 6.54 Å². The fourth-order valence-corrected chi connectivity index (χ4v) is 5.78. The summed E-state index contributed by atoms with van der Waals surface area (Å²) < 4.78 is 22.4. The summed E-state index contributed by atoms with van der Waals surface area (Å²) in [6.45, 7) is 5.21. The zero-order valence-corrected chi connectivity index (χ0v) is 22.7. The van der Waals surface area contributed by atoms with Crippen molar-refractivity contribution in [3.05, 3.63) is 59.7 Å². The second-order valence-electron chi connectivity index (χ2n) is 10.3. The van der Waals surface area contributed by atoms with Gasteiger partial charge in [0.05, 0.1) is 27.9 Å². The van der Waals surface area contributed by atoms with Crippen LogP contribution in [0.25, 0.3) is 10.8 Å². The molecule has 1 atom stereocenters. The van der Waals surface area contributed by atoms with Crippen molar-refractivity contribution in [3.63, 3.8) is 0 Å². The Hall–Kier alpha value is -3.45. The van der Waals surface area contributed by atoms with E-state index in [2.05, 4.69) is 17.0 Å². The van der Waals surface area contributed by atoms with Gasteiger partial charge < -0.3 is 28.7 Å². The maximum atomic E-state index is 13.2. The molecule has 2 aliphatic rings. The van der Waals surface area contributed by atoms with Crippen molar-refractivity contribution in [3.8, 4) is 23.0 Å². The smallest absolute Gasteiger partial charge is 0.254 e. The Morgan fingerprint density at radius 3 is 2.58 bits per heavy atom. The molecule has 202 valence electrons. The number of methoxy groups -OCH3 is 3. The molecule has 0 aromatic heterocycles. The van der Waals surface area contributed by atoms with E-state index in [9.17, 15) is 4.79 Å². The van der Waals surface area contributed by atoms with Gasteiger partial charge in [0.25, 0.3) is 5.91 Å². The van der Waals surface area contributed by atoms with E-state index in [0.717, 1.165) is 72.4 Å². The average Bonchev–Trinajstić information content (AvgIpc) is 3.09. The van der Waals surface area contributed by atoms with Crippen LogP contribution in [0.5, 0.6) is 23.0 Å². The van der Waals surface area contributed by atoms with Gasteiger partial charge in [-0.2, -0.15) is 0 Å². The van der Waals surface area contributed by atoms with E-state index in [1.54, 1.807) is 21.3 Å². The Morgan fingerprint density at radius 1 is 0.921 bits per heavy atom. The van der Waals surface area contributed by atoms with Gasteiger partial charge in [-0.25, -0.2) is 0 Å². The highest BCUT2D eigenvalue weighted by Gasteiger charge is 2.31. The number of nitrogens with zero attached hydrogens (tertiary/aromatic N) is 2. The van der Waals surface area contributed by atoms with Crippen molar-refractivity contribution in [2.75, 3.05) is 54.1 Å². The zero-order chi connectivity index (χ0) is 26.5. The number of benzene rings is 3. The Balaban J connectivity index is 1.14. The minimum atomic E-state index is 0.0952. The first-order chi connectivity index (χ1) is 18.6. The van der Waals surface area contributed by atoms with E-state index >= 15 is 0 Å². The number of amides is 1. The molecule has 0 aliphatic carbocycles. The van der Waals surface area contributed by atoms with Crippen LogP contribution in [0.3, 0.4) is 0 Å². The minimum Gasteiger partial charge on any atom is -0.497 e. The number of likely N-dealkylation sites (tertiary alicyclic amines) is 1. The minimum absolute atomic E-state index is 0.0952. The summed E-state index contributed by atoms with van der Waals surface area (Å²) in [5.41, 5.74) is 1.75. The summed E-state index contributed by atoms with van der Waals surface area (Å²) in [5.74, 6) is 3.61. The molecule has 5 rings (SSSR count). The summed E-state index contributed by atoms with van der Waals surface area (Å²) in [5, 5.41) is 2.22. The first kappa shape index (κ1) is 26.2. The van der Waals surface area contributed by atoms with E-state index < -0.39 is 0 Å². The summed E-state index contributed by atoms with van der Waals surface area (Å²) in [6.07, 6.45) is 4.52. The van der Waals surface area contributed by atoms with Crippen LogP contribution in [0.2, 0.25) is 0 Å². The fourth-order valence-electron chi connectivity index (χ4n) is 5.78. The van der Waals surface area contributed by atoms with E-state index in [1.165, 1.54) is 12.8 Å². The lowest BCUT2D eigenvalue weighted by molar-refractivity contribution is 0.0735. The van der Waals surface area contributed by atoms with Gasteiger partial charge in [-0.1, -0.05) is 18.6 Å². The van der Waals surface area contributed by atoms with Gasteiger partial charge in [-0.05, 0) is 79.1 Å². The molecule has 0 radical (unpaired) electrons. The van der Waals surface area contributed by atoms with Crippen LogP contribution in [0.4, 0.5) is 0 Å². The van der Waals surface area contributed by atoms with E-state index in [4.69, 9.17) is 18.9 Å². The van der Waals surface area contributed by atoms with Crippen molar-refractivity contribution >= 4 is 16.7 Å². The van der Waals surface area contributed by atoms with Crippen LogP contribution < -0.4 is 18.9 Å². The summed E-state index contributed by atoms with van der Waals surface area (Å²) >= 11 is 0. The second kappa shape index (κ2) is 11.9. The van der Waals surface area contributed by atoms with Gasteiger partial charge in [-0.3, -0.25) is 4.79 Å². The SMILES string of the molecule is COc1ccc2c(OCCCN3CCCCC(CN4Cc5cc(OC)c(OC)cc5C4=O)C3)cccc2c1. The molecule has 0 N–H and O–H groups in total. The topological polar surface area (TPSA) is 60.5 Å². The van der Waals surface area contributed by atoms with Crippen molar-refractivity contribution in [1.82, 2.24) is 9.80 Å². The van der Waals surface area contributed by atoms with E-state index in [0.29, 0.717) is 30.6 Å². The van der Waals surface area contributed by atoms with Crippen LogP contribution in [0.15, 0.2) is 48.5 Å². The van der Waals surface area contributed by atoms with Crippen LogP contribution in [-0.4, -0.2) is 69.8 Å². The maximum Gasteiger partial charge on any atom is 0.254 e. The third-order valence-electron chi connectivity index (χ3n) is 7.74. The first-order valence-corrected chi connectivity index (χ1v) is 13.6. The predicted molar refractivity (Wildman–Crippen MR) is 149 cm³/mol. The molecular weight excluding hydrogens is 480 g/mol. The molecule has 3 aromatic rings. The van der Waals surface area contributed by atoms with Gasteiger partial charge in [0.2, 0.25) is 0 Å². The monoisotopic (exact) mass is 518 g/mol. The van der Waals surface area contributed by atoms with Crippen molar-refractivity contribution in [2.24, 2.45) is 5.92 Å². The molecule has 1 saturated heterocycles. The highest BCUT2D eigenvalue weighted by atomic mass is 16.5. The normalized spacial score (nSPS) is 17.8. The highest BCUT2D eigenvalue weighted by molar-refractivity contribution is 5.99. The van der Waals surface area contributed by atoms with Gasteiger partial charge >= 0.3 is 0 Å². The summed E-state index contributed by atoms with van der Waals surface area (Å²) in [6, 6.07) is 16.0. The summed E-state index contributed by atoms with van der Waals surface area (Å²) in [7, 11) is 4.92. The molecule has 0 bridgehead atoms. The van der Waals surface area contributed by atoms with Crippen molar-refractivity contribution in [2.45, 2.75) is 32.2 Å². The lowest BCUT2D eigenvalue weighted by Crippen LogP contribution is -2.36. The highest BCUT2D eigenvalue weighted by Crippen LogP contribution is 2.35. The Labute approximate surface area is 225 Å². The molecule has 7 nitrogen and oxygen atoms in total. The molecule has 2 aliphatic heterocycles. The number of ether oxygens (including phenoxy) is 4. The number of carbonyl (C=O) groups is 1. The fraction of sp³-hybridized carbons (Fsp3) is 0.452. The van der Waals surface area contributed by atoms with Gasteiger partial charge in [0.1, 0.15) is 11.5 Å². The Bertz CT molecular complexity index is 1280. The van der Waals surface area contributed by atoms with Crippen LogP contribution in [0, 0.1) is 5.92 Å². The lowest BCUT2D eigenvalue weighted by atomic mass is 10.0. The van der Waals surface area contributed by atoms with Gasteiger partial charge in [0, 0.05) is 37.1 Å². The number of carbonyl (C=O) groups excluding carboxylic acids is 1. The maximum absolute atomic E-state index is 13.2. The van der Waals surface area contributed by atoms with Crippen LogP contribution in [0.1, 0.15) is 41.6 Å². The van der Waals surface area contributed by atoms with E-state index in [-0.39, 0.29) is 5.91 Å². The molecule has 3 aromatic carbocycles. The number of hydrogen-bond acceptors (Lipinski definition) is 6. The molecule has 1 fully saturated rings.